The van der Waals surface area contributed by atoms with Crippen LogP contribution in [-0.4, -0.2) is 21.1 Å². The number of H-pyrrole nitrogens is 1. The van der Waals surface area contributed by atoms with Gasteiger partial charge in [0.2, 0.25) is 5.91 Å². The predicted molar refractivity (Wildman–Crippen MR) is 81.2 cm³/mol. The molecule has 0 saturated heterocycles. The molecule has 0 bridgehead atoms. The van der Waals surface area contributed by atoms with Crippen molar-refractivity contribution >= 4 is 23.1 Å². The first-order chi connectivity index (χ1) is 9.56. The number of carbonyl (C=O) groups excluding carboxylic acids is 1. The van der Waals surface area contributed by atoms with Crippen molar-refractivity contribution in [1.82, 2.24) is 15.5 Å². The normalized spacial score (nSPS) is 11.8. The van der Waals surface area contributed by atoms with Gasteiger partial charge in [0.05, 0.1) is 18.7 Å². The number of aromatic nitrogens is 2. The van der Waals surface area contributed by atoms with Gasteiger partial charge in [0.25, 0.3) is 0 Å². The Morgan fingerprint density at radius 1 is 1.45 bits per heavy atom. The monoisotopic (exact) mass is 288 g/mol. The van der Waals surface area contributed by atoms with Crippen molar-refractivity contribution in [2.45, 2.75) is 19.4 Å². The second-order valence-corrected chi connectivity index (χ2v) is 5.00. The van der Waals surface area contributed by atoms with E-state index in [4.69, 9.17) is 18.0 Å². The highest BCUT2D eigenvalue weighted by Gasteiger charge is 2.10. The summed E-state index contributed by atoms with van der Waals surface area (Å²) in [5, 5.41) is 9.50. The van der Waals surface area contributed by atoms with Crippen LogP contribution in [0.4, 0.5) is 0 Å². The Bertz CT molecular complexity index is 592. The van der Waals surface area contributed by atoms with Crippen LogP contribution in [0.2, 0.25) is 0 Å². The van der Waals surface area contributed by atoms with Crippen LogP contribution in [0.3, 0.4) is 0 Å². The van der Waals surface area contributed by atoms with Crippen LogP contribution in [0.15, 0.2) is 36.7 Å². The highest BCUT2D eigenvalue weighted by Crippen LogP contribution is 2.10. The zero-order valence-corrected chi connectivity index (χ0v) is 11.9. The molecule has 0 spiro atoms. The number of hydrogen-bond donors (Lipinski definition) is 3. The fourth-order valence-electron chi connectivity index (χ4n) is 1.85. The van der Waals surface area contributed by atoms with Crippen LogP contribution in [0, 0.1) is 0 Å². The summed E-state index contributed by atoms with van der Waals surface area (Å²) in [4.78, 5) is 12.3. The lowest BCUT2D eigenvalue weighted by Crippen LogP contribution is -2.27. The van der Waals surface area contributed by atoms with E-state index in [0.717, 1.165) is 16.7 Å². The van der Waals surface area contributed by atoms with Crippen LogP contribution < -0.4 is 11.1 Å². The highest BCUT2D eigenvalue weighted by atomic mass is 32.1. The largest absolute Gasteiger partial charge is 0.389 e. The quantitative estimate of drug-likeness (QED) is 0.727. The summed E-state index contributed by atoms with van der Waals surface area (Å²) in [5.41, 5.74) is 8.20. The molecule has 4 N–H and O–H groups in total. The van der Waals surface area contributed by atoms with E-state index < -0.39 is 0 Å². The molecule has 2 rings (SSSR count). The Balaban J connectivity index is 1.92. The molecule has 1 aromatic heterocycles. The molecule has 1 heterocycles. The summed E-state index contributed by atoms with van der Waals surface area (Å²) in [7, 11) is 0. The molecular formula is C14H16N4OS. The molecule has 104 valence electrons. The molecule has 1 atom stereocenters. The maximum atomic E-state index is 11.9. The standard InChI is InChI=1S/C14H16N4OS/c1-9(12-7-16-17-8-12)18-13(19)6-10-2-4-11(5-3-10)14(15)20/h2-5,7-9H,6H2,1H3,(H2,15,20)(H,16,17)(H,18,19). The topological polar surface area (TPSA) is 83.8 Å². The molecule has 20 heavy (non-hydrogen) atoms. The Morgan fingerprint density at radius 3 is 2.70 bits per heavy atom. The van der Waals surface area contributed by atoms with Crippen molar-refractivity contribution in [3.05, 3.63) is 53.3 Å². The van der Waals surface area contributed by atoms with Crippen LogP contribution in [-0.2, 0) is 11.2 Å². The van der Waals surface area contributed by atoms with Gasteiger partial charge in [-0.3, -0.25) is 9.89 Å². The van der Waals surface area contributed by atoms with Gasteiger partial charge >= 0.3 is 0 Å². The zero-order valence-electron chi connectivity index (χ0n) is 11.1. The number of hydrogen-bond acceptors (Lipinski definition) is 3. The first kappa shape index (κ1) is 14.2. The molecule has 0 aliphatic carbocycles. The van der Waals surface area contributed by atoms with Gasteiger partial charge in [-0.25, -0.2) is 0 Å². The molecule has 0 saturated carbocycles. The third-order valence-corrected chi connectivity index (χ3v) is 3.24. The van der Waals surface area contributed by atoms with Crippen molar-refractivity contribution in [1.29, 1.82) is 0 Å². The van der Waals surface area contributed by atoms with E-state index in [2.05, 4.69) is 15.5 Å². The van der Waals surface area contributed by atoms with Gasteiger partial charge < -0.3 is 11.1 Å². The van der Waals surface area contributed by atoms with Gasteiger partial charge in [0, 0.05) is 17.3 Å². The van der Waals surface area contributed by atoms with Crippen molar-refractivity contribution in [2.24, 2.45) is 5.73 Å². The van der Waals surface area contributed by atoms with Crippen LogP contribution >= 0.6 is 12.2 Å². The second-order valence-electron chi connectivity index (χ2n) is 4.56. The van der Waals surface area contributed by atoms with Gasteiger partial charge in [-0.05, 0) is 12.5 Å². The Labute approximate surface area is 122 Å². The second kappa shape index (κ2) is 6.29. The molecule has 2 aromatic rings. The molecular weight excluding hydrogens is 272 g/mol. The van der Waals surface area contributed by atoms with Crippen LogP contribution in [0.25, 0.3) is 0 Å². The first-order valence-corrected chi connectivity index (χ1v) is 6.64. The van der Waals surface area contributed by atoms with E-state index >= 15 is 0 Å². The molecule has 0 aliphatic heterocycles. The number of rotatable bonds is 5. The first-order valence-electron chi connectivity index (χ1n) is 6.23. The smallest absolute Gasteiger partial charge is 0.224 e. The molecule has 0 aliphatic rings. The number of benzene rings is 1. The zero-order chi connectivity index (χ0) is 14.5. The lowest BCUT2D eigenvalue weighted by atomic mass is 10.1. The average molecular weight is 288 g/mol. The van der Waals surface area contributed by atoms with Crippen molar-refractivity contribution < 1.29 is 4.79 Å². The van der Waals surface area contributed by atoms with Gasteiger partial charge in [0.1, 0.15) is 4.99 Å². The minimum Gasteiger partial charge on any atom is -0.389 e. The van der Waals surface area contributed by atoms with Gasteiger partial charge in [-0.15, -0.1) is 0 Å². The molecule has 0 fully saturated rings. The summed E-state index contributed by atoms with van der Waals surface area (Å²) in [6, 6.07) is 7.29. The van der Waals surface area contributed by atoms with Crippen LogP contribution in [0.5, 0.6) is 0 Å². The number of nitrogens with one attached hydrogen (secondary N) is 2. The van der Waals surface area contributed by atoms with E-state index in [-0.39, 0.29) is 11.9 Å². The molecule has 5 nitrogen and oxygen atoms in total. The summed E-state index contributed by atoms with van der Waals surface area (Å²) in [6.07, 6.45) is 3.78. The summed E-state index contributed by atoms with van der Waals surface area (Å²) >= 11 is 4.89. The number of aromatic amines is 1. The predicted octanol–water partition coefficient (Wildman–Crippen LogP) is 1.46. The number of amides is 1. The SMILES string of the molecule is CC(NC(=O)Cc1ccc(C(N)=S)cc1)c1cn[nH]c1. The van der Waals surface area contributed by atoms with E-state index in [9.17, 15) is 4.79 Å². The van der Waals surface area contributed by atoms with Gasteiger partial charge in [-0.2, -0.15) is 5.10 Å². The Hall–Kier alpha value is -2.21. The maximum Gasteiger partial charge on any atom is 0.224 e. The fourth-order valence-corrected chi connectivity index (χ4v) is 1.98. The number of carbonyl (C=O) groups is 1. The van der Waals surface area contributed by atoms with E-state index in [1.807, 2.05) is 31.2 Å². The van der Waals surface area contributed by atoms with Crippen molar-refractivity contribution in [3.63, 3.8) is 0 Å². The molecule has 6 heteroatoms. The minimum atomic E-state index is -0.0721. The molecule has 0 radical (unpaired) electrons. The third-order valence-electron chi connectivity index (χ3n) is 3.00. The fraction of sp³-hybridized carbons (Fsp3) is 0.214. The highest BCUT2D eigenvalue weighted by molar-refractivity contribution is 7.80. The van der Waals surface area contributed by atoms with Gasteiger partial charge in [0.15, 0.2) is 0 Å². The molecule has 1 amide bonds. The molecule has 1 unspecified atom stereocenters. The Morgan fingerprint density at radius 2 is 2.15 bits per heavy atom. The van der Waals surface area contributed by atoms with E-state index in [1.54, 1.807) is 12.4 Å². The Kier molecular flexibility index (Phi) is 4.47. The lowest BCUT2D eigenvalue weighted by molar-refractivity contribution is -0.121. The summed E-state index contributed by atoms with van der Waals surface area (Å²) < 4.78 is 0. The van der Waals surface area contributed by atoms with Crippen molar-refractivity contribution in [3.8, 4) is 0 Å². The third kappa shape index (κ3) is 3.64. The van der Waals surface area contributed by atoms with Crippen LogP contribution in [0.1, 0.15) is 29.7 Å². The van der Waals surface area contributed by atoms with E-state index in [1.165, 1.54) is 0 Å². The van der Waals surface area contributed by atoms with Gasteiger partial charge in [-0.1, -0.05) is 36.5 Å². The minimum absolute atomic E-state index is 0.0400. The number of thiocarbonyl (C=S) groups is 1. The van der Waals surface area contributed by atoms with Crippen molar-refractivity contribution in [2.75, 3.05) is 0 Å². The van der Waals surface area contributed by atoms with E-state index in [0.29, 0.717) is 11.4 Å². The average Bonchev–Trinajstić information content (AvgIpc) is 2.93. The maximum absolute atomic E-state index is 11.9. The number of nitrogens with zero attached hydrogens (tertiary/aromatic N) is 1. The summed E-state index contributed by atoms with van der Waals surface area (Å²) in [6.45, 7) is 1.92. The summed E-state index contributed by atoms with van der Waals surface area (Å²) in [5.74, 6) is -0.0400. The number of nitrogens with two attached hydrogens (primary N) is 1. The lowest BCUT2D eigenvalue weighted by Gasteiger charge is -2.12. The molecule has 1 aromatic carbocycles.